The molecule has 1 saturated carbocycles. The summed E-state index contributed by atoms with van der Waals surface area (Å²) in [6, 6.07) is 5.81. The molecule has 1 aromatic rings. The van der Waals surface area contributed by atoms with Crippen molar-refractivity contribution in [2.45, 2.75) is 57.0 Å². The molecule has 0 N–H and O–H groups in total. The van der Waals surface area contributed by atoms with Gasteiger partial charge >= 0.3 is 0 Å². The van der Waals surface area contributed by atoms with Crippen molar-refractivity contribution in [3.8, 4) is 0 Å². The molecule has 4 aliphatic rings. The highest BCUT2D eigenvalue weighted by Gasteiger charge is 2.48. The summed E-state index contributed by atoms with van der Waals surface area (Å²) < 4.78 is 13.3. The van der Waals surface area contributed by atoms with Crippen LogP contribution in [0.5, 0.6) is 0 Å². The summed E-state index contributed by atoms with van der Waals surface area (Å²) in [5.41, 5.74) is 0.729. The molecule has 3 saturated heterocycles. The number of carbonyl (C=O) groups is 1. The lowest BCUT2D eigenvalue weighted by Gasteiger charge is -2.55. The zero-order chi connectivity index (χ0) is 18.5. The van der Waals surface area contributed by atoms with Crippen molar-refractivity contribution in [2.24, 2.45) is 17.8 Å². The lowest BCUT2D eigenvalue weighted by Crippen LogP contribution is -2.62. The minimum atomic E-state index is -0.355. The maximum absolute atomic E-state index is 13.3. The molecule has 3 heterocycles. The Labute approximate surface area is 165 Å². The van der Waals surface area contributed by atoms with Gasteiger partial charge in [-0.1, -0.05) is 24.1 Å². The molecule has 4 fully saturated rings. The Morgan fingerprint density at radius 2 is 1.85 bits per heavy atom. The number of halogens is 2. The highest BCUT2D eigenvalue weighted by molar-refractivity contribution is 6.31. The minimum Gasteiger partial charge on any atom is -0.342 e. The molecule has 0 radical (unpaired) electrons. The van der Waals surface area contributed by atoms with Crippen LogP contribution in [0.2, 0.25) is 5.02 Å². The second-order valence-electron chi connectivity index (χ2n) is 9.17. The smallest absolute Gasteiger partial charge is 0.227 e. The zero-order valence-electron chi connectivity index (χ0n) is 15.7. The minimum absolute atomic E-state index is 0.140. The first-order chi connectivity index (χ1) is 13.1. The van der Waals surface area contributed by atoms with Gasteiger partial charge in [-0.05, 0) is 67.6 Å². The molecule has 5 rings (SSSR count). The van der Waals surface area contributed by atoms with Gasteiger partial charge < -0.3 is 4.90 Å². The largest absolute Gasteiger partial charge is 0.342 e. The monoisotopic (exact) mass is 390 g/mol. The van der Waals surface area contributed by atoms with E-state index >= 15 is 0 Å². The Kier molecular flexibility index (Phi) is 4.68. The van der Waals surface area contributed by atoms with Gasteiger partial charge in [-0.2, -0.15) is 0 Å². The average molecular weight is 391 g/mol. The van der Waals surface area contributed by atoms with Crippen molar-refractivity contribution in [1.29, 1.82) is 0 Å². The number of amides is 1. The maximum Gasteiger partial charge on any atom is 0.227 e. The van der Waals surface area contributed by atoms with Gasteiger partial charge in [0, 0.05) is 36.7 Å². The molecule has 5 heteroatoms. The normalized spacial score (nSPS) is 33.6. The van der Waals surface area contributed by atoms with Crippen LogP contribution in [0.25, 0.3) is 0 Å². The lowest BCUT2D eigenvalue weighted by molar-refractivity contribution is -0.138. The molecule has 0 spiro atoms. The molecule has 0 unspecified atom stereocenters. The van der Waals surface area contributed by atoms with E-state index in [-0.39, 0.29) is 18.1 Å². The van der Waals surface area contributed by atoms with Gasteiger partial charge in [0.2, 0.25) is 5.91 Å². The van der Waals surface area contributed by atoms with Crippen LogP contribution in [0.3, 0.4) is 0 Å². The third-order valence-electron chi connectivity index (χ3n) is 7.31. The number of hydrogen-bond acceptors (Lipinski definition) is 2. The fourth-order valence-corrected chi connectivity index (χ4v) is 6.21. The van der Waals surface area contributed by atoms with Gasteiger partial charge in [-0.15, -0.1) is 0 Å². The molecular formula is C22H28ClFN2O. The van der Waals surface area contributed by atoms with Crippen LogP contribution in [0.15, 0.2) is 18.2 Å². The van der Waals surface area contributed by atoms with Crippen LogP contribution in [0.1, 0.15) is 44.1 Å². The average Bonchev–Trinajstić information content (AvgIpc) is 3.48. The summed E-state index contributed by atoms with van der Waals surface area (Å²) in [5.74, 6) is 1.95. The van der Waals surface area contributed by atoms with Crippen molar-refractivity contribution in [3.63, 3.8) is 0 Å². The van der Waals surface area contributed by atoms with E-state index in [2.05, 4.69) is 9.80 Å². The second-order valence-corrected chi connectivity index (χ2v) is 9.58. The van der Waals surface area contributed by atoms with E-state index in [1.54, 1.807) is 6.07 Å². The second kappa shape index (κ2) is 7.04. The summed E-state index contributed by atoms with van der Waals surface area (Å²) in [6.45, 7) is 2.92. The van der Waals surface area contributed by atoms with Gasteiger partial charge in [0.1, 0.15) is 5.82 Å². The maximum atomic E-state index is 13.3. The molecule has 146 valence electrons. The first kappa shape index (κ1) is 17.9. The summed E-state index contributed by atoms with van der Waals surface area (Å²) in [7, 11) is 0. The topological polar surface area (TPSA) is 23.6 Å². The first-order valence-electron chi connectivity index (χ1n) is 10.6. The van der Waals surface area contributed by atoms with Gasteiger partial charge in [0.15, 0.2) is 0 Å². The number of fused-ring (bicyclic) bond motifs is 4. The molecule has 1 amide bonds. The quantitative estimate of drug-likeness (QED) is 0.774. The van der Waals surface area contributed by atoms with Crippen molar-refractivity contribution >= 4 is 17.5 Å². The van der Waals surface area contributed by atoms with E-state index < -0.39 is 0 Å². The van der Waals surface area contributed by atoms with Crippen molar-refractivity contribution in [3.05, 3.63) is 34.6 Å². The SMILES string of the molecule is O=C(Cc1ccc(F)cc1Cl)N1C[C@@H]2C[C@H](C1)[C@@H]1CCC[C@H](C3CC3)N1C2. The fraction of sp³-hybridized carbons (Fsp3) is 0.682. The molecule has 0 aromatic heterocycles. The Balaban J connectivity index is 1.28. The van der Waals surface area contributed by atoms with Crippen molar-refractivity contribution in [2.75, 3.05) is 19.6 Å². The Morgan fingerprint density at radius 3 is 2.59 bits per heavy atom. The van der Waals surface area contributed by atoms with Crippen LogP contribution in [-0.4, -0.2) is 47.4 Å². The van der Waals surface area contributed by atoms with Gasteiger partial charge in [0.25, 0.3) is 0 Å². The number of nitrogens with zero attached hydrogens (tertiary/aromatic N) is 2. The van der Waals surface area contributed by atoms with Crippen LogP contribution < -0.4 is 0 Å². The summed E-state index contributed by atoms with van der Waals surface area (Å²) >= 11 is 6.13. The van der Waals surface area contributed by atoms with Crippen LogP contribution in [-0.2, 0) is 11.2 Å². The fourth-order valence-electron chi connectivity index (χ4n) is 5.98. The zero-order valence-corrected chi connectivity index (χ0v) is 16.5. The predicted molar refractivity (Wildman–Crippen MR) is 104 cm³/mol. The van der Waals surface area contributed by atoms with E-state index in [4.69, 9.17) is 11.6 Å². The van der Waals surface area contributed by atoms with Gasteiger partial charge in [0.05, 0.1) is 6.42 Å². The highest BCUT2D eigenvalue weighted by Crippen LogP contribution is 2.46. The number of hydrogen-bond donors (Lipinski definition) is 0. The van der Waals surface area contributed by atoms with E-state index in [0.717, 1.165) is 30.6 Å². The van der Waals surface area contributed by atoms with E-state index in [0.29, 0.717) is 22.9 Å². The van der Waals surface area contributed by atoms with E-state index in [1.165, 1.54) is 57.2 Å². The molecule has 3 nitrogen and oxygen atoms in total. The third kappa shape index (κ3) is 3.51. The summed E-state index contributed by atoms with van der Waals surface area (Å²) in [5, 5.41) is 0.353. The lowest BCUT2D eigenvalue weighted by atomic mass is 9.74. The molecule has 1 aromatic carbocycles. The van der Waals surface area contributed by atoms with E-state index in [9.17, 15) is 9.18 Å². The van der Waals surface area contributed by atoms with Crippen molar-refractivity contribution < 1.29 is 9.18 Å². The standard InChI is InChI=1S/C22H28ClFN2O/c23-19-10-18(24)7-6-16(19)9-22(27)25-11-14-8-17(13-25)21-3-1-2-20(15-4-5-15)26(21)12-14/h6-7,10,14-15,17,20-21H,1-5,8-9,11-13H2/t14-,17+,20+,21-/m0/s1. The number of piperidine rings is 3. The Morgan fingerprint density at radius 1 is 1.07 bits per heavy atom. The third-order valence-corrected chi connectivity index (χ3v) is 7.66. The molecular weight excluding hydrogens is 363 g/mol. The molecule has 2 bridgehead atoms. The van der Waals surface area contributed by atoms with Gasteiger partial charge in [-0.25, -0.2) is 4.39 Å². The summed E-state index contributed by atoms with van der Waals surface area (Å²) in [4.78, 5) is 17.9. The van der Waals surface area contributed by atoms with Gasteiger partial charge in [-0.3, -0.25) is 9.69 Å². The van der Waals surface area contributed by atoms with Crippen LogP contribution in [0, 0.1) is 23.6 Å². The Bertz CT molecular complexity index is 737. The van der Waals surface area contributed by atoms with Crippen molar-refractivity contribution in [1.82, 2.24) is 9.80 Å². The number of rotatable bonds is 3. The molecule has 1 aliphatic carbocycles. The molecule has 27 heavy (non-hydrogen) atoms. The molecule has 4 atom stereocenters. The number of carbonyl (C=O) groups excluding carboxylic acids is 1. The number of benzene rings is 1. The number of likely N-dealkylation sites (tertiary alicyclic amines) is 1. The van der Waals surface area contributed by atoms with E-state index in [1.807, 2.05) is 0 Å². The van der Waals surface area contributed by atoms with Crippen LogP contribution in [0.4, 0.5) is 4.39 Å². The molecule has 3 aliphatic heterocycles. The summed E-state index contributed by atoms with van der Waals surface area (Å²) in [6.07, 6.45) is 8.43. The van der Waals surface area contributed by atoms with Crippen LogP contribution >= 0.6 is 11.6 Å². The first-order valence-corrected chi connectivity index (χ1v) is 10.9. The Hall–Kier alpha value is -1.13. The predicted octanol–water partition coefficient (Wildman–Crippen LogP) is 4.13. The highest BCUT2D eigenvalue weighted by atomic mass is 35.5.